The van der Waals surface area contributed by atoms with Gasteiger partial charge in [0.15, 0.2) is 0 Å². The fourth-order valence-electron chi connectivity index (χ4n) is 3.12. The van der Waals surface area contributed by atoms with Crippen LogP contribution >= 0.6 is 0 Å². The summed E-state index contributed by atoms with van der Waals surface area (Å²) in [7, 11) is 3.60. The van der Waals surface area contributed by atoms with Gasteiger partial charge in [-0.15, -0.1) is 0 Å². The molecule has 0 aromatic carbocycles. The third-order valence-corrected chi connectivity index (χ3v) is 4.78. The lowest BCUT2D eigenvalue weighted by atomic mass is 10.2. The molecular formula is C19H24N12O2. The molecular weight excluding hydrogens is 428 g/mol. The molecule has 0 saturated carbocycles. The molecule has 0 spiro atoms. The van der Waals surface area contributed by atoms with E-state index in [9.17, 15) is 0 Å². The Hall–Kier alpha value is -4.62. The lowest BCUT2D eigenvalue weighted by molar-refractivity contribution is 0.503. The number of aromatic nitrogens is 6. The van der Waals surface area contributed by atoms with Gasteiger partial charge in [0.1, 0.15) is 24.0 Å². The SMILES string of the molecule is Cc1cc(Nc2nc(N)nc(N(C)Cc3occ(N(C)c4nc(N)nc(N)n4)c3C)n2)co1. The highest BCUT2D eigenvalue weighted by atomic mass is 16.3. The van der Waals surface area contributed by atoms with E-state index < -0.39 is 0 Å². The second kappa shape index (κ2) is 8.49. The van der Waals surface area contributed by atoms with Crippen molar-refractivity contribution >= 4 is 47.1 Å². The van der Waals surface area contributed by atoms with E-state index in [-0.39, 0.29) is 17.8 Å². The van der Waals surface area contributed by atoms with Gasteiger partial charge in [0.2, 0.25) is 35.7 Å². The summed E-state index contributed by atoms with van der Waals surface area (Å²) in [6, 6.07) is 1.82. The van der Waals surface area contributed by atoms with Gasteiger partial charge in [-0.2, -0.15) is 29.9 Å². The van der Waals surface area contributed by atoms with Crippen molar-refractivity contribution in [3.05, 3.63) is 35.7 Å². The van der Waals surface area contributed by atoms with Crippen LogP contribution < -0.4 is 32.3 Å². The van der Waals surface area contributed by atoms with Crippen LogP contribution in [0.1, 0.15) is 17.1 Å². The van der Waals surface area contributed by atoms with Crippen LogP contribution in [-0.2, 0) is 6.54 Å². The van der Waals surface area contributed by atoms with Crippen LogP contribution in [0.25, 0.3) is 0 Å². The quantitative estimate of drug-likeness (QED) is 0.316. The van der Waals surface area contributed by atoms with E-state index in [1.165, 1.54) is 0 Å². The fourth-order valence-corrected chi connectivity index (χ4v) is 3.12. The molecule has 14 nitrogen and oxygen atoms in total. The zero-order valence-corrected chi connectivity index (χ0v) is 18.6. The van der Waals surface area contributed by atoms with E-state index in [4.69, 9.17) is 26.0 Å². The van der Waals surface area contributed by atoms with Crippen LogP contribution in [0.4, 0.5) is 47.1 Å². The number of nitrogens with two attached hydrogens (primary N) is 3. The Morgan fingerprint density at radius 1 is 0.848 bits per heavy atom. The van der Waals surface area contributed by atoms with Crippen molar-refractivity contribution in [1.29, 1.82) is 0 Å². The summed E-state index contributed by atoms with van der Waals surface area (Å²) < 4.78 is 11.1. The molecule has 0 amide bonds. The van der Waals surface area contributed by atoms with Gasteiger partial charge in [-0.3, -0.25) is 0 Å². The first-order chi connectivity index (χ1) is 15.7. The molecule has 0 atom stereocenters. The zero-order valence-electron chi connectivity index (χ0n) is 18.6. The zero-order chi connectivity index (χ0) is 23.7. The van der Waals surface area contributed by atoms with Crippen LogP contribution in [0.2, 0.25) is 0 Å². The molecule has 4 aromatic rings. The normalized spacial score (nSPS) is 10.9. The van der Waals surface area contributed by atoms with Gasteiger partial charge < -0.3 is 41.2 Å². The third-order valence-electron chi connectivity index (χ3n) is 4.78. The second-order valence-corrected chi connectivity index (χ2v) is 7.32. The van der Waals surface area contributed by atoms with Crippen LogP contribution in [-0.4, -0.2) is 44.0 Å². The summed E-state index contributed by atoms with van der Waals surface area (Å²) in [6.45, 7) is 4.13. The van der Waals surface area contributed by atoms with Gasteiger partial charge in [-0.05, 0) is 13.8 Å². The number of furan rings is 2. The molecule has 172 valence electrons. The van der Waals surface area contributed by atoms with Gasteiger partial charge in [-0.25, -0.2) is 0 Å². The Morgan fingerprint density at radius 2 is 1.52 bits per heavy atom. The van der Waals surface area contributed by atoms with Gasteiger partial charge in [0.25, 0.3) is 0 Å². The first kappa shape index (κ1) is 21.6. The van der Waals surface area contributed by atoms with Crippen molar-refractivity contribution in [1.82, 2.24) is 29.9 Å². The van der Waals surface area contributed by atoms with Crippen LogP contribution in [0.3, 0.4) is 0 Å². The van der Waals surface area contributed by atoms with E-state index >= 15 is 0 Å². The fraction of sp³-hybridized carbons (Fsp3) is 0.263. The van der Waals surface area contributed by atoms with Crippen molar-refractivity contribution in [2.75, 3.05) is 46.4 Å². The average Bonchev–Trinajstić information content (AvgIpc) is 3.31. The Kier molecular flexibility index (Phi) is 5.56. The summed E-state index contributed by atoms with van der Waals surface area (Å²) in [6.07, 6.45) is 3.17. The number of nitrogen functional groups attached to an aromatic ring is 3. The summed E-state index contributed by atoms with van der Waals surface area (Å²) in [5.74, 6) is 2.57. The minimum Gasteiger partial charge on any atom is -0.467 e. The largest absolute Gasteiger partial charge is 0.467 e. The van der Waals surface area contributed by atoms with E-state index in [1.807, 2.05) is 27.0 Å². The van der Waals surface area contributed by atoms with Crippen molar-refractivity contribution < 1.29 is 8.83 Å². The van der Waals surface area contributed by atoms with E-state index in [2.05, 4.69) is 35.2 Å². The number of hydrogen-bond donors (Lipinski definition) is 4. The lowest BCUT2D eigenvalue weighted by Crippen LogP contribution is -2.21. The number of aryl methyl sites for hydroxylation is 1. The number of rotatable bonds is 7. The van der Waals surface area contributed by atoms with Crippen molar-refractivity contribution in [3.8, 4) is 0 Å². The van der Waals surface area contributed by atoms with Gasteiger partial charge in [0.05, 0.1) is 17.9 Å². The maximum Gasteiger partial charge on any atom is 0.236 e. The highest BCUT2D eigenvalue weighted by Gasteiger charge is 2.19. The minimum absolute atomic E-state index is 0.0351. The van der Waals surface area contributed by atoms with Crippen LogP contribution in [0.5, 0.6) is 0 Å². The van der Waals surface area contributed by atoms with Crippen LogP contribution in [0.15, 0.2) is 27.4 Å². The van der Waals surface area contributed by atoms with Gasteiger partial charge >= 0.3 is 0 Å². The first-order valence-corrected chi connectivity index (χ1v) is 9.82. The average molecular weight is 452 g/mol. The highest BCUT2D eigenvalue weighted by Crippen LogP contribution is 2.30. The molecule has 4 heterocycles. The molecule has 7 N–H and O–H groups in total. The summed E-state index contributed by atoms with van der Waals surface area (Å²) in [5, 5.41) is 3.05. The second-order valence-electron chi connectivity index (χ2n) is 7.32. The predicted octanol–water partition coefficient (Wildman–Crippen LogP) is 1.75. The van der Waals surface area contributed by atoms with Crippen LogP contribution in [0, 0.1) is 13.8 Å². The summed E-state index contributed by atoms with van der Waals surface area (Å²) in [5.41, 5.74) is 19.6. The monoisotopic (exact) mass is 452 g/mol. The number of anilines is 8. The smallest absolute Gasteiger partial charge is 0.236 e. The first-order valence-electron chi connectivity index (χ1n) is 9.82. The topological polar surface area (TPSA) is 200 Å². The molecule has 0 aliphatic carbocycles. The maximum atomic E-state index is 5.89. The van der Waals surface area contributed by atoms with Crippen molar-refractivity contribution in [3.63, 3.8) is 0 Å². The molecule has 0 radical (unpaired) electrons. The summed E-state index contributed by atoms with van der Waals surface area (Å²) >= 11 is 0. The molecule has 0 bridgehead atoms. The predicted molar refractivity (Wildman–Crippen MR) is 123 cm³/mol. The van der Waals surface area contributed by atoms with Gasteiger partial charge in [-0.1, -0.05) is 0 Å². The standard InChI is InChI=1S/C19H24N12O2/c1-9-5-11(7-32-9)23-17-25-16(22)26-18(29-17)30(3)6-13-10(2)12(8-33-13)31(4)19-27-14(20)24-15(21)28-19/h5,7-8H,6H2,1-4H3,(H4,20,21,24,27,28)(H3,22,23,25,26,29). The van der Waals surface area contributed by atoms with E-state index in [0.717, 1.165) is 17.0 Å². The number of nitrogens with zero attached hydrogens (tertiary/aromatic N) is 8. The molecule has 0 saturated heterocycles. The Morgan fingerprint density at radius 3 is 2.18 bits per heavy atom. The maximum absolute atomic E-state index is 5.89. The molecule has 0 unspecified atom stereocenters. The number of hydrogen-bond acceptors (Lipinski definition) is 14. The molecule has 33 heavy (non-hydrogen) atoms. The summed E-state index contributed by atoms with van der Waals surface area (Å²) in [4.78, 5) is 28.3. The molecule has 4 rings (SSSR count). The Labute approximate surface area is 188 Å². The molecule has 0 aliphatic rings. The highest BCUT2D eigenvalue weighted by molar-refractivity contribution is 5.62. The minimum atomic E-state index is 0.0351. The van der Waals surface area contributed by atoms with E-state index in [1.54, 1.807) is 29.4 Å². The lowest BCUT2D eigenvalue weighted by Gasteiger charge is -2.18. The van der Waals surface area contributed by atoms with Gasteiger partial charge in [0, 0.05) is 25.7 Å². The number of nitrogens with one attached hydrogen (secondary N) is 1. The molecule has 4 aromatic heterocycles. The Bertz CT molecular complexity index is 1260. The third kappa shape index (κ3) is 4.68. The molecule has 0 fully saturated rings. The van der Waals surface area contributed by atoms with Crippen molar-refractivity contribution in [2.24, 2.45) is 0 Å². The van der Waals surface area contributed by atoms with Crippen molar-refractivity contribution in [2.45, 2.75) is 20.4 Å². The molecule has 14 heteroatoms. The molecule has 0 aliphatic heterocycles. The Balaban J connectivity index is 1.53. The van der Waals surface area contributed by atoms with E-state index in [0.29, 0.717) is 35.8 Å².